The van der Waals surface area contributed by atoms with E-state index in [1.165, 1.54) is 59.1 Å². The number of nitrogens with one attached hydrogen (secondary N) is 1. The molecule has 0 saturated heterocycles. The number of hydrogen-bond donors (Lipinski definition) is 1. The Kier molecular flexibility index (Phi) is 7.56. The molecule has 0 aliphatic rings. The van der Waals surface area contributed by atoms with Crippen molar-refractivity contribution in [1.29, 1.82) is 5.41 Å². The molecule has 0 aliphatic heterocycles. The second kappa shape index (κ2) is 13.3. The van der Waals surface area contributed by atoms with E-state index in [1.807, 2.05) is 0 Å². The first-order chi connectivity index (χ1) is 29.2. The second-order valence-corrected chi connectivity index (χ2v) is 16.3. The number of aromatic nitrogens is 2. The fourth-order valence-corrected chi connectivity index (χ4v) is 10.5. The van der Waals surface area contributed by atoms with Gasteiger partial charge in [0.15, 0.2) is 0 Å². The van der Waals surface area contributed by atoms with E-state index >= 15 is 0 Å². The van der Waals surface area contributed by atoms with E-state index in [-0.39, 0.29) is 0 Å². The highest BCUT2D eigenvalue weighted by Gasteiger charge is 2.21. The maximum absolute atomic E-state index is 9.95. The van der Waals surface area contributed by atoms with Crippen LogP contribution in [0.2, 0.25) is 0 Å². The zero-order valence-corrected chi connectivity index (χ0v) is 32.7. The summed E-state index contributed by atoms with van der Waals surface area (Å²) in [4.78, 5) is 1.12. The predicted octanol–water partition coefficient (Wildman–Crippen LogP) is 15.0. The van der Waals surface area contributed by atoms with Crippen molar-refractivity contribution in [2.75, 3.05) is 0 Å². The van der Waals surface area contributed by atoms with Gasteiger partial charge in [0, 0.05) is 59.0 Å². The molecule has 0 fully saturated rings. The maximum atomic E-state index is 9.95. The molecular formula is C55H35N3S. The number of fused-ring (bicyclic) bond motifs is 8. The fraction of sp³-hybridized carbons (Fsp3) is 0. The Morgan fingerprint density at radius 3 is 1.47 bits per heavy atom. The van der Waals surface area contributed by atoms with Gasteiger partial charge >= 0.3 is 0 Å². The lowest BCUT2D eigenvalue weighted by Crippen LogP contribution is -2.03. The third-order valence-corrected chi connectivity index (χ3v) is 13.1. The summed E-state index contributed by atoms with van der Waals surface area (Å²) in [6, 6.07) is 74.1. The van der Waals surface area contributed by atoms with Crippen molar-refractivity contribution in [2.24, 2.45) is 0 Å². The van der Waals surface area contributed by atoms with E-state index in [0.717, 1.165) is 49.5 Å². The Hall–Kier alpha value is -7.53. The van der Waals surface area contributed by atoms with Crippen molar-refractivity contribution in [1.82, 2.24) is 9.13 Å². The number of hydrogen-bond acceptors (Lipinski definition) is 2. The van der Waals surface area contributed by atoms with Crippen molar-refractivity contribution >= 4 is 81.5 Å². The van der Waals surface area contributed by atoms with Gasteiger partial charge in [0.05, 0.1) is 27.8 Å². The molecule has 9 aromatic carbocycles. The molecule has 3 nitrogen and oxygen atoms in total. The molecule has 0 saturated carbocycles. The fourth-order valence-electron chi connectivity index (χ4n) is 9.25. The summed E-state index contributed by atoms with van der Waals surface area (Å²) in [6.45, 7) is 0. The van der Waals surface area contributed by atoms with Crippen LogP contribution in [0.15, 0.2) is 206 Å². The first-order valence-corrected chi connectivity index (χ1v) is 20.8. The highest BCUT2D eigenvalue weighted by molar-refractivity contribution is 7.22. The number of thiophene rings is 1. The Labute approximate surface area is 344 Å². The van der Waals surface area contributed by atoms with Crippen molar-refractivity contribution in [3.05, 3.63) is 217 Å². The minimum absolute atomic E-state index is 0.522. The van der Waals surface area contributed by atoms with E-state index in [9.17, 15) is 5.41 Å². The summed E-state index contributed by atoms with van der Waals surface area (Å²) in [5, 5.41) is 18.4. The molecule has 0 amide bonds. The van der Waals surface area contributed by atoms with E-state index in [2.05, 4.69) is 215 Å². The molecule has 0 spiro atoms. The average molecular weight is 770 g/mol. The van der Waals surface area contributed by atoms with E-state index in [0.29, 0.717) is 5.71 Å². The van der Waals surface area contributed by atoms with Gasteiger partial charge in [0.2, 0.25) is 0 Å². The van der Waals surface area contributed by atoms with Crippen LogP contribution in [0, 0.1) is 5.41 Å². The molecule has 12 rings (SSSR count). The molecule has 0 atom stereocenters. The number of benzene rings is 9. The van der Waals surface area contributed by atoms with Crippen LogP contribution in [0.1, 0.15) is 11.1 Å². The van der Waals surface area contributed by atoms with E-state index in [4.69, 9.17) is 0 Å². The lowest BCUT2D eigenvalue weighted by molar-refractivity contribution is 1.13. The molecule has 0 bridgehead atoms. The van der Waals surface area contributed by atoms with Gasteiger partial charge in [-0.1, -0.05) is 146 Å². The molecule has 3 heterocycles. The third kappa shape index (κ3) is 5.31. The van der Waals surface area contributed by atoms with Crippen molar-refractivity contribution < 1.29 is 0 Å². The molecule has 0 aliphatic carbocycles. The molecule has 3 aromatic heterocycles. The maximum Gasteiger partial charge on any atom is 0.0705 e. The minimum Gasteiger partial charge on any atom is -0.309 e. The highest BCUT2D eigenvalue weighted by Crippen LogP contribution is 2.42. The zero-order valence-electron chi connectivity index (χ0n) is 31.9. The van der Waals surface area contributed by atoms with Gasteiger partial charge in [-0.2, -0.15) is 0 Å². The number of para-hydroxylation sites is 4. The van der Waals surface area contributed by atoms with Crippen molar-refractivity contribution in [3.63, 3.8) is 0 Å². The zero-order chi connectivity index (χ0) is 39.0. The Morgan fingerprint density at radius 2 is 0.881 bits per heavy atom. The molecule has 4 heteroatoms. The molecule has 1 N–H and O–H groups in total. The molecule has 0 unspecified atom stereocenters. The molecule has 12 aromatic rings. The topological polar surface area (TPSA) is 33.7 Å². The van der Waals surface area contributed by atoms with Crippen molar-refractivity contribution in [2.45, 2.75) is 0 Å². The summed E-state index contributed by atoms with van der Waals surface area (Å²) < 4.78 is 6.00. The molecular weight excluding hydrogens is 735 g/mol. The van der Waals surface area contributed by atoms with Crippen molar-refractivity contribution in [3.8, 4) is 32.9 Å². The molecule has 0 radical (unpaired) electrons. The SMILES string of the molecule is N=C(c1cccc(-c2cc(-n3c4ccccc4c4ccccc43)cc(-n3c4ccccc4c4ccccc43)c2)c1)c1c(-c2ccc3ccccc3c2)sc2ccccc12. The quantitative estimate of drug-likeness (QED) is 0.163. The van der Waals surface area contributed by atoms with Crippen LogP contribution in [0.5, 0.6) is 0 Å². The Morgan fingerprint density at radius 1 is 0.373 bits per heavy atom. The van der Waals surface area contributed by atoms with Crippen LogP contribution >= 0.6 is 11.3 Å². The lowest BCUT2D eigenvalue weighted by atomic mass is 9.94. The average Bonchev–Trinajstić information content (AvgIpc) is 3.97. The van der Waals surface area contributed by atoms with Crippen LogP contribution < -0.4 is 0 Å². The van der Waals surface area contributed by atoms with Gasteiger partial charge in [-0.05, 0) is 88.1 Å². The van der Waals surface area contributed by atoms with Gasteiger partial charge in [-0.25, -0.2) is 0 Å². The Balaban J connectivity index is 1.08. The van der Waals surface area contributed by atoms with Gasteiger partial charge < -0.3 is 9.13 Å². The lowest BCUT2D eigenvalue weighted by Gasteiger charge is -2.16. The smallest absolute Gasteiger partial charge is 0.0705 e. The summed E-state index contributed by atoms with van der Waals surface area (Å²) in [7, 11) is 0. The predicted molar refractivity (Wildman–Crippen MR) is 251 cm³/mol. The van der Waals surface area contributed by atoms with Crippen LogP contribution in [0.25, 0.3) is 97.4 Å². The summed E-state index contributed by atoms with van der Waals surface area (Å²) >= 11 is 1.77. The normalized spacial score (nSPS) is 11.8. The minimum atomic E-state index is 0.522. The Bertz CT molecular complexity index is 3410. The number of nitrogens with zero attached hydrogens (tertiary/aromatic N) is 2. The monoisotopic (exact) mass is 769 g/mol. The highest BCUT2D eigenvalue weighted by atomic mass is 32.1. The summed E-state index contributed by atoms with van der Waals surface area (Å²) in [5.74, 6) is 0. The molecule has 59 heavy (non-hydrogen) atoms. The van der Waals surface area contributed by atoms with E-state index in [1.54, 1.807) is 11.3 Å². The van der Waals surface area contributed by atoms with Gasteiger partial charge in [0.1, 0.15) is 0 Å². The van der Waals surface area contributed by atoms with Gasteiger partial charge in [-0.3, -0.25) is 5.41 Å². The van der Waals surface area contributed by atoms with Gasteiger partial charge in [0.25, 0.3) is 0 Å². The van der Waals surface area contributed by atoms with E-state index < -0.39 is 0 Å². The first-order valence-electron chi connectivity index (χ1n) is 20.0. The summed E-state index contributed by atoms with van der Waals surface area (Å²) in [6.07, 6.45) is 0. The largest absolute Gasteiger partial charge is 0.309 e. The van der Waals surface area contributed by atoms with Crippen LogP contribution in [-0.2, 0) is 0 Å². The standard InChI is InChI=1S/C55H35N3S/c56-54(53-47-22-7-12-27-52(47)59-55(53)39-29-28-35-14-1-2-15-36(35)31-39)38-17-13-16-37(30-38)40-32-41(57-48-23-8-3-18-43(48)44-19-4-9-24-49(44)57)34-42(33-40)58-50-25-10-5-20-45(50)46-21-6-11-26-51(46)58/h1-34,56H. The van der Waals surface area contributed by atoms with Crippen LogP contribution in [0.3, 0.4) is 0 Å². The second-order valence-electron chi connectivity index (χ2n) is 15.3. The number of rotatable bonds is 6. The third-order valence-electron chi connectivity index (χ3n) is 11.9. The van der Waals surface area contributed by atoms with Crippen LogP contribution in [-0.4, -0.2) is 14.8 Å². The van der Waals surface area contributed by atoms with Gasteiger partial charge in [-0.15, -0.1) is 11.3 Å². The summed E-state index contributed by atoms with van der Waals surface area (Å²) in [5.41, 5.74) is 12.5. The first kappa shape index (κ1) is 33.6. The molecule has 276 valence electrons. The van der Waals surface area contributed by atoms with Crippen LogP contribution in [0.4, 0.5) is 0 Å².